The van der Waals surface area contributed by atoms with Crippen molar-refractivity contribution in [1.82, 2.24) is 20.2 Å². The molecule has 21 heavy (non-hydrogen) atoms. The molecule has 0 radical (unpaired) electrons. The van der Waals surface area contributed by atoms with Crippen LogP contribution in [0.2, 0.25) is 0 Å². The van der Waals surface area contributed by atoms with Gasteiger partial charge in [-0.1, -0.05) is 0 Å². The molecule has 1 aromatic heterocycles. The van der Waals surface area contributed by atoms with Gasteiger partial charge in [-0.3, -0.25) is 0 Å². The molecule has 1 aromatic carbocycles. The van der Waals surface area contributed by atoms with Crippen molar-refractivity contribution in [2.45, 2.75) is 12.4 Å². The number of aliphatic hydroxyl groups is 1. The van der Waals surface area contributed by atoms with Crippen LogP contribution < -0.4 is 4.74 Å². The highest BCUT2D eigenvalue weighted by atomic mass is 19.2. The van der Waals surface area contributed by atoms with Crippen LogP contribution in [0.15, 0.2) is 30.6 Å². The maximum absolute atomic E-state index is 13.8. The smallest absolute Gasteiger partial charge is 0.337 e. The summed E-state index contributed by atoms with van der Waals surface area (Å²) in [5, 5.41) is 19.6. The lowest BCUT2D eigenvalue weighted by molar-refractivity contribution is -0.129. The van der Waals surface area contributed by atoms with Crippen molar-refractivity contribution in [1.29, 1.82) is 0 Å². The van der Waals surface area contributed by atoms with Crippen molar-refractivity contribution >= 4 is 5.97 Å². The summed E-state index contributed by atoms with van der Waals surface area (Å²) >= 11 is 0. The Balaban J connectivity index is 1.91. The fourth-order valence-corrected chi connectivity index (χ4v) is 1.55. The normalized spacial score (nSPS) is 13.5. The lowest BCUT2D eigenvalue weighted by Crippen LogP contribution is -2.36. The fraction of sp³-hybridized carbons (Fsp3) is 0.333. The molecule has 112 valence electrons. The maximum atomic E-state index is 13.8. The molecule has 0 spiro atoms. The first-order chi connectivity index (χ1) is 10.00. The van der Waals surface area contributed by atoms with Crippen molar-refractivity contribution in [3.8, 4) is 5.75 Å². The standard InChI is InChI=1S/C12H13FN4O4/c1-20-11(18)9-2-4-10(5-3-9)21-7-12(13,19)6-17-8-14-15-16-17/h2-5,8,19H,6-7H2,1H3/t12-/m1/s1. The lowest BCUT2D eigenvalue weighted by atomic mass is 10.2. The number of rotatable bonds is 6. The molecule has 0 saturated carbocycles. The Morgan fingerprint density at radius 2 is 2.14 bits per heavy atom. The van der Waals surface area contributed by atoms with E-state index in [9.17, 15) is 14.3 Å². The van der Waals surface area contributed by atoms with Gasteiger partial charge in [-0.15, -0.1) is 5.10 Å². The molecule has 2 aromatic rings. The van der Waals surface area contributed by atoms with Crippen LogP contribution in [0.25, 0.3) is 0 Å². The third-order valence-electron chi connectivity index (χ3n) is 2.53. The van der Waals surface area contributed by atoms with Crippen LogP contribution in [-0.4, -0.2) is 50.9 Å². The summed E-state index contributed by atoms with van der Waals surface area (Å²) in [6, 6.07) is 5.89. The Hall–Kier alpha value is -2.55. The van der Waals surface area contributed by atoms with Crippen molar-refractivity contribution in [2.24, 2.45) is 0 Å². The van der Waals surface area contributed by atoms with E-state index in [4.69, 9.17) is 4.74 Å². The molecule has 1 heterocycles. The van der Waals surface area contributed by atoms with Gasteiger partial charge in [-0.25, -0.2) is 13.9 Å². The van der Waals surface area contributed by atoms with E-state index in [-0.39, 0.29) is 0 Å². The molecule has 0 aliphatic rings. The minimum Gasteiger partial charge on any atom is -0.488 e. The SMILES string of the molecule is COC(=O)c1ccc(OC[C@@](O)(F)Cn2cnnn2)cc1. The lowest BCUT2D eigenvalue weighted by Gasteiger charge is -2.18. The number of hydrogen-bond acceptors (Lipinski definition) is 7. The van der Waals surface area contributed by atoms with Crippen LogP contribution in [0.1, 0.15) is 10.4 Å². The molecule has 9 heteroatoms. The van der Waals surface area contributed by atoms with Gasteiger partial charge in [-0.2, -0.15) is 0 Å². The summed E-state index contributed by atoms with van der Waals surface area (Å²) in [6.45, 7) is -1.06. The Kier molecular flexibility index (Phi) is 4.43. The molecule has 0 aliphatic heterocycles. The highest BCUT2D eigenvalue weighted by Gasteiger charge is 2.28. The Bertz CT molecular complexity index is 586. The van der Waals surface area contributed by atoms with Crippen LogP contribution in [0.4, 0.5) is 4.39 Å². The quantitative estimate of drug-likeness (QED) is 0.760. The van der Waals surface area contributed by atoms with Gasteiger partial charge in [0, 0.05) is 0 Å². The van der Waals surface area contributed by atoms with Crippen LogP contribution in [-0.2, 0) is 11.3 Å². The van der Waals surface area contributed by atoms with Crippen molar-refractivity contribution in [2.75, 3.05) is 13.7 Å². The zero-order chi connectivity index (χ0) is 15.3. The topological polar surface area (TPSA) is 99.4 Å². The summed E-state index contributed by atoms with van der Waals surface area (Å²) in [5.41, 5.74) is 0.342. The first kappa shape index (κ1) is 14.9. The van der Waals surface area contributed by atoms with E-state index in [1.807, 2.05) is 0 Å². The average Bonchev–Trinajstić information content (AvgIpc) is 2.97. The molecular formula is C12H13FN4O4. The van der Waals surface area contributed by atoms with Crippen LogP contribution in [0.3, 0.4) is 0 Å². The molecule has 0 bridgehead atoms. The number of hydrogen-bond donors (Lipinski definition) is 1. The summed E-state index contributed by atoms with van der Waals surface area (Å²) in [5.74, 6) is -2.81. The van der Waals surface area contributed by atoms with Gasteiger partial charge in [0.1, 0.15) is 25.2 Å². The number of halogens is 1. The number of aromatic nitrogens is 4. The predicted molar refractivity (Wildman–Crippen MR) is 67.2 cm³/mol. The van der Waals surface area contributed by atoms with E-state index in [0.29, 0.717) is 11.3 Å². The van der Waals surface area contributed by atoms with E-state index in [1.165, 1.54) is 37.7 Å². The van der Waals surface area contributed by atoms with Crippen LogP contribution in [0, 0.1) is 0 Å². The van der Waals surface area contributed by atoms with Gasteiger partial charge < -0.3 is 14.6 Å². The molecule has 0 saturated heterocycles. The van der Waals surface area contributed by atoms with E-state index in [2.05, 4.69) is 20.3 Å². The number of nitrogens with zero attached hydrogens (tertiary/aromatic N) is 4. The van der Waals surface area contributed by atoms with Gasteiger partial charge >= 0.3 is 5.97 Å². The minimum absolute atomic E-state index is 0.301. The van der Waals surface area contributed by atoms with Gasteiger partial charge in [0.05, 0.1) is 12.7 Å². The van der Waals surface area contributed by atoms with Gasteiger partial charge in [0.2, 0.25) is 0 Å². The predicted octanol–water partition coefficient (Wildman–Crippen LogP) is 0.197. The largest absolute Gasteiger partial charge is 0.488 e. The molecule has 0 amide bonds. The monoisotopic (exact) mass is 296 g/mol. The Morgan fingerprint density at radius 3 is 2.71 bits per heavy atom. The summed E-state index contributed by atoms with van der Waals surface area (Å²) in [6.07, 6.45) is 1.18. The second-order valence-corrected chi connectivity index (χ2v) is 4.23. The Morgan fingerprint density at radius 1 is 1.43 bits per heavy atom. The van der Waals surface area contributed by atoms with Crippen molar-refractivity contribution < 1.29 is 23.8 Å². The molecule has 8 nitrogen and oxygen atoms in total. The number of carbonyl (C=O) groups is 1. The average molecular weight is 296 g/mol. The van der Waals surface area contributed by atoms with Gasteiger partial charge in [0.25, 0.3) is 5.85 Å². The van der Waals surface area contributed by atoms with Crippen molar-refractivity contribution in [3.05, 3.63) is 36.2 Å². The van der Waals surface area contributed by atoms with Crippen LogP contribution in [0.5, 0.6) is 5.75 Å². The third-order valence-corrected chi connectivity index (χ3v) is 2.53. The first-order valence-electron chi connectivity index (χ1n) is 5.93. The number of alkyl halides is 1. The van der Waals surface area contributed by atoms with Crippen LogP contribution >= 0.6 is 0 Å². The number of carbonyl (C=O) groups excluding carboxylic acids is 1. The zero-order valence-corrected chi connectivity index (χ0v) is 11.1. The van der Waals surface area contributed by atoms with Crippen molar-refractivity contribution in [3.63, 3.8) is 0 Å². The number of ether oxygens (including phenoxy) is 2. The number of tetrazole rings is 1. The summed E-state index contributed by atoms with van der Waals surface area (Å²) in [7, 11) is 1.27. The number of benzene rings is 1. The van der Waals surface area contributed by atoms with E-state index in [1.54, 1.807) is 0 Å². The molecule has 1 N–H and O–H groups in total. The number of esters is 1. The highest BCUT2D eigenvalue weighted by Crippen LogP contribution is 2.16. The first-order valence-corrected chi connectivity index (χ1v) is 5.93. The molecule has 1 atom stereocenters. The molecule has 2 rings (SSSR count). The second kappa shape index (κ2) is 6.27. The summed E-state index contributed by atoms with van der Waals surface area (Å²) in [4.78, 5) is 11.2. The minimum atomic E-state index is -2.63. The third kappa shape index (κ3) is 4.21. The van der Waals surface area contributed by atoms with E-state index >= 15 is 0 Å². The number of methoxy groups -OCH3 is 1. The second-order valence-electron chi connectivity index (χ2n) is 4.23. The maximum Gasteiger partial charge on any atom is 0.337 e. The van der Waals surface area contributed by atoms with Gasteiger partial charge in [-0.05, 0) is 34.7 Å². The Labute approximate surface area is 119 Å². The van der Waals surface area contributed by atoms with Gasteiger partial charge in [0.15, 0.2) is 0 Å². The zero-order valence-electron chi connectivity index (χ0n) is 11.1. The van der Waals surface area contributed by atoms with E-state index in [0.717, 1.165) is 4.68 Å². The highest BCUT2D eigenvalue weighted by molar-refractivity contribution is 5.89. The molecule has 0 aliphatic carbocycles. The molecule has 0 unspecified atom stereocenters. The molecule has 0 fully saturated rings. The van der Waals surface area contributed by atoms with E-state index < -0.39 is 25.0 Å². The fourth-order valence-electron chi connectivity index (χ4n) is 1.55. The summed E-state index contributed by atoms with van der Waals surface area (Å²) < 4.78 is 24.6. The molecular weight excluding hydrogens is 283 g/mol.